The van der Waals surface area contributed by atoms with Gasteiger partial charge >= 0.3 is 5.97 Å². The van der Waals surface area contributed by atoms with E-state index in [-0.39, 0.29) is 35.8 Å². The van der Waals surface area contributed by atoms with Crippen molar-refractivity contribution >= 4 is 5.97 Å². The summed E-state index contributed by atoms with van der Waals surface area (Å²) in [6.45, 7) is 0.967. The Morgan fingerprint density at radius 1 is 1.33 bits per heavy atom. The summed E-state index contributed by atoms with van der Waals surface area (Å²) in [7, 11) is 2.06. The SMILES string of the molecule is CN1CC[C@@H]2C[C@H](O)[C@H]3OC(=O)c4c(cc5c(c4O)OCO5)[C@H]3[C@@H]21. The topological polar surface area (TPSA) is 88.5 Å². The molecule has 3 heterocycles. The Morgan fingerprint density at radius 3 is 3.00 bits per heavy atom. The minimum absolute atomic E-state index is 0.0174. The van der Waals surface area contributed by atoms with E-state index < -0.39 is 18.2 Å². The number of fused-ring (bicyclic) bond motifs is 6. The lowest BCUT2D eigenvalue weighted by molar-refractivity contribution is -0.0780. The van der Waals surface area contributed by atoms with Gasteiger partial charge in [-0.3, -0.25) is 0 Å². The minimum Gasteiger partial charge on any atom is -0.504 e. The number of carbonyl (C=O) groups is 1. The Balaban J connectivity index is 1.71. The lowest BCUT2D eigenvalue weighted by Crippen LogP contribution is -2.54. The quantitative estimate of drug-likeness (QED) is 0.680. The molecule has 4 aliphatic rings. The number of ether oxygens (including phenoxy) is 3. The van der Waals surface area contributed by atoms with Gasteiger partial charge in [0.2, 0.25) is 12.5 Å². The highest BCUT2D eigenvalue weighted by atomic mass is 16.7. The van der Waals surface area contributed by atoms with Gasteiger partial charge in [-0.1, -0.05) is 0 Å². The predicted molar refractivity (Wildman–Crippen MR) is 81.3 cm³/mol. The second-order valence-electron chi connectivity index (χ2n) is 7.14. The van der Waals surface area contributed by atoms with Crippen LogP contribution in [0, 0.1) is 5.92 Å². The van der Waals surface area contributed by atoms with Crippen molar-refractivity contribution < 1.29 is 29.2 Å². The molecule has 5 rings (SSSR count). The summed E-state index contributed by atoms with van der Waals surface area (Å²) < 4.78 is 16.2. The number of nitrogens with zero attached hydrogens (tertiary/aromatic N) is 1. The Morgan fingerprint density at radius 2 is 2.17 bits per heavy atom. The molecule has 2 N–H and O–H groups in total. The first-order valence-electron chi connectivity index (χ1n) is 8.31. The average molecular weight is 333 g/mol. The van der Waals surface area contributed by atoms with Crippen molar-refractivity contribution in [3.05, 3.63) is 17.2 Å². The zero-order chi connectivity index (χ0) is 16.6. The number of phenolic OH excluding ortho intramolecular Hbond substituents is 1. The van der Waals surface area contributed by atoms with E-state index in [1.165, 1.54) is 0 Å². The Bertz CT molecular complexity index is 734. The molecule has 1 saturated carbocycles. The van der Waals surface area contributed by atoms with E-state index in [2.05, 4.69) is 11.9 Å². The largest absolute Gasteiger partial charge is 0.504 e. The van der Waals surface area contributed by atoms with E-state index in [9.17, 15) is 15.0 Å². The fraction of sp³-hybridized carbons (Fsp3) is 0.588. The average Bonchev–Trinajstić information content (AvgIpc) is 3.15. The van der Waals surface area contributed by atoms with Crippen LogP contribution >= 0.6 is 0 Å². The fourth-order valence-corrected chi connectivity index (χ4v) is 4.97. The van der Waals surface area contributed by atoms with Crippen LogP contribution in [0.2, 0.25) is 0 Å². The summed E-state index contributed by atoms with van der Waals surface area (Å²) in [6.07, 6.45) is 0.371. The fourth-order valence-electron chi connectivity index (χ4n) is 4.97. The number of likely N-dealkylation sites (tertiary alicyclic amines) is 1. The normalized spacial score (nSPS) is 36.8. The molecule has 5 atom stereocenters. The number of carbonyl (C=O) groups excluding carboxylic acids is 1. The smallest absolute Gasteiger partial charge is 0.342 e. The third-order valence-corrected chi connectivity index (χ3v) is 5.96. The maximum atomic E-state index is 12.5. The van der Waals surface area contributed by atoms with Crippen LogP contribution in [-0.4, -0.2) is 59.7 Å². The van der Waals surface area contributed by atoms with E-state index in [0.29, 0.717) is 23.7 Å². The van der Waals surface area contributed by atoms with Gasteiger partial charge in [0.05, 0.1) is 6.10 Å². The van der Waals surface area contributed by atoms with E-state index in [4.69, 9.17) is 14.2 Å². The molecule has 0 unspecified atom stereocenters. The highest BCUT2D eigenvalue weighted by Gasteiger charge is 2.54. The van der Waals surface area contributed by atoms with Gasteiger partial charge in [0.15, 0.2) is 11.5 Å². The zero-order valence-electron chi connectivity index (χ0n) is 13.3. The number of hydrogen-bond donors (Lipinski definition) is 2. The number of rotatable bonds is 0. The molecule has 3 aliphatic heterocycles. The number of aromatic hydroxyl groups is 1. The molecule has 0 radical (unpaired) electrons. The second-order valence-corrected chi connectivity index (χ2v) is 7.14. The van der Waals surface area contributed by atoms with Crippen molar-refractivity contribution in [3.63, 3.8) is 0 Å². The molecule has 1 aromatic carbocycles. The van der Waals surface area contributed by atoms with Crippen LogP contribution in [-0.2, 0) is 4.74 Å². The Kier molecular flexibility index (Phi) is 2.85. The van der Waals surface area contributed by atoms with Crippen LogP contribution in [0.3, 0.4) is 0 Å². The number of esters is 1. The Labute approximate surface area is 138 Å². The summed E-state index contributed by atoms with van der Waals surface area (Å²) >= 11 is 0. The van der Waals surface area contributed by atoms with Gasteiger partial charge < -0.3 is 29.3 Å². The maximum Gasteiger partial charge on any atom is 0.342 e. The number of aliphatic hydroxyl groups excluding tert-OH is 1. The second kappa shape index (κ2) is 4.77. The molecule has 24 heavy (non-hydrogen) atoms. The highest BCUT2D eigenvalue weighted by Crippen LogP contribution is 2.54. The standard InChI is InChI=1S/C17H19NO6/c1-18-3-2-7-4-9(19)15-11(13(7)18)8-5-10-16(23-6-22-10)14(20)12(8)17(21)24-15/h5,7,9,11,13,15,19-20H,2-4,6H2,1H3/t7-,9+,11+,13-,15-/m1/s1. The first-order valence-corrected chi connectivity index (χ1v) is 8.31. The van der Waals surface area contributed by atoms with E-state index in [1.807, 2.05) is 0 Å². The molecule has 2 fully saturated rings. The third kappa shape index (κ3) is 1.71. The van der Waals surface area contributed by atoms with Crippen LogP contribution in [0.15, 0.2) is 6.07 Å². The summed E-state index contributed by atoms with van der Waals surface area (Å²) in [4.78, 5) is 14.7. The molecule has 0 spiro atoms. The number of likely N-dealkylation sites (N-methyl/N-ethyl adjacent to an activating group) is 1. The predicted octanol–water partition coefficient (Wildman–Crippen LogP) is 0.828. The van der Waals surface area contributed by atoms with Crippen LogP contribution < -0.4 is 9.47 Å². The van der Waals surface area contributed by atoms with E-state index in [0.717, 1.165) is 13.0 Å². The highest BCUT2D eigenvalue weighted by molar-refractivity contribution is 5.97. The molecule has 128 valence electrons. The number of hydrogen-bond acceptors (Lipinski definition) is 7. The molecular weight excluding hydrogens is 314 g/mol. The summed E-state index contributed by atoms with van der Waals surface area (Å²) in [6, 6.07) is 1.95. The molecule has 7 heteroatoms. The van der Waals surface area contributed by atoms with E-state index in [1.54, 1.807) is 6.07 Å². The number of benzene rings is 1. The van der Waals surface area contributed by atoms with Crippen molar-refractivity contribution in [1.29, 1.82) is 0 Å². The Hall–Kier alpha value is -1.99. The van der Waals surface area contributed by atoms with Gasteiger partial charge in [-0.25, -0.2) is 4.79 Å². The van der Waals surface area contributed by atoms with E-state index >= 15 is 0 Å². The van der Waals surface area contributed by atoms with Gasteiger partial charge in [0, 0.05) is 12.0 Å². The van der Waals surface area contributed by atoms with Crippen molar-refractivity contribution in [2.24, 2.45) is 5.92 Å². The lowest BCUT2D eigenvalue weighted by atomic mass is 9.69. The van der Waals surface area contributed by atoms with Crippen LogP contribution in [0.25, 0.3) is 0 Å². The summed E-state index contributed by atoms with van der Waals surface area (Å²) in [5.74, 6) is -0.0301. The lowest BCUT2D eigenvalue weighted by Gasteiger charge is -2.47. The molecule has 1 aliphatic carbocycles. The zero-order valence-corrected chi connectivity index (χ0v) is 13.3. The number of phenols is 1. The van der Waals surface area contributed by atoms with Crippen LogP contribution in [0.5, 0.6) is 17.2 Å². The molecular formula is C17H19NO6. The molecule has 1 saturated heterocycles. The van der Waals surface area contributed by atoms with Crippen LogP contribution in [0.4, 0.5) is 0 Å². The van der Waals surface area contributed by atoms with Crippen molar-refractivity contribution in [3.8, 4) is 17.2 Å². The minimum atomic E-state index is -0.688. The van der Waals surface area contributed by atoms with Crippen LogP contribution in [0.1, 0.15) is 34.7 Å². The van der Waals surface area contributed by atoms with Gasteiger partial charge in [-0.15, -0.1) is 0 Å². The first kappa shape index (κ1) is 14.4. The molecule has 1 aromatic rings. The van der Waals surface area contributed by atoms with Crippen molar-refractivity contribution in [1.82, 2.24) is 4.90 Å². The molecule has 7 nitrogen and oxygen atoms in total. The third-order valence-electron chi connectivity index (χ3n) is 5.96. The van der Waals surface area contributed by atoms with Gasteiger partial charge in [-0.05, 0) is 44.0 Å². The molecule has 0 aromatic heterocycles. The summed E-state index contributed by atoms with van der Waals surface area (Å²) in [5.41, 5.74) is 0.842. The van der Waals surface area contributed by atoms with Crippen molar-refractivity contribution in [2.75, 3.05) is 20.4 Å². The summed E-state index contributed by atoms with van der Waals surface area (Å²) in [5, 5.41) is 21.0. The molecule has 0 bridgehead atoms. The number of aliphatic hydroxyl groups is 1. The molecule has 0 amide bonds. The first-order chi connectivity index (χ1) is 11.6. The van der Waals surface area contributed by atoms with Gasteiger partial charge in [0.1, 0.15) is 11.7 Å². The van der Waals surface area contributed by atoms with Crippen molar-refractivity contribution in [2.45, 2.75) is 37.0 Å². The van der Waals surface area contributed by atoms with Gasteiger partial charge in [-0.2, -0.15) is 0 Å². The van der Waals surface area contributed by atoms with Gasteiger partial charge in [0.25, 0.3) is 0 Å². The maximum absolute atomic E-state index is 12.5. The monoisotopic (exact) mass is 333 g/mol.